The first-order valence-corrected chi connectivity index (χ1v) is 9.64. The van der Waals surface area contributed by atoms with E-state index in [1.807, 2.05) is 36.4 Å². The van der Waals surface area contributed by atoms with Gasteiger partial charge in [-0.1, -0.05) is 36.4 Å². The Labute approximate surface area is 153 Å². The second-order valence-electron chi connectivity index (χ2n) is 6.03. The van der Waals surface area contributed by atoms with Gasteiger partial charge in [-0.3, -0.25) is 4.79 Å². The second-order valence-corrected chi connectivity index (χ2v) is 7.76. The molecule has 2 rings (SSSR count). The largest absolute Gasteiger partial charge is 0.349 e. The second kappa shape index (κ2) is 8.61. The molecule has 0 aliphatic rings. The number of benzene rings is 2. The normalized spacial score (nSPS) is 12.2. The number of nitriles is 1. The molecular weight excluding hydrogens is 350 g/mol. The number of aryl methyl sites for hydroxylation is 1. The molecule has 0 unspecified atom stereocenters. The average Bonchev–Trinajstić information content (AvgIpc) is 2.61. The summed E-state index contributed by atoms with van der Waals surface area (Å²) >= 11 is 0. The van der Waals surface area contributed by atoms with E-state index in [1.54, 1.807) is 26.0 Å². The zero-order valence-electron chi connectivity index (χ0n) is 14.7. The van der Waals surface area contributed by atoms with E-state index >= 15 is 0 Å². The molecule has 136 valence electrons. The predicted octanol–water partition coefficient (Wildman–Crippen LogP) is 2.51. The number of hydrogen-bond donors (Lipinski definition) is 2. The zero-order chi connectivity index (χ0) is 19.2. The predicted molar refractivity (Wildman–Crippen MR) is 98.8 cm³/mol. The number of carbonyl (C=O) groups excluding carboxylic acids is 1. The highest BCUT2D eigenvalue weighted by atomic mass is 32.2. The van der Waals surface area contributed by atoms with E-state index in [0.717, 1.165) is 5.56 Å². The van der Waals surface area contributed by atoms with Crippen molar-refractivity contribution in [1.29, 1.82) is 5.26 Å². The SMILES string of the molecule is Cc1ccc(C(=O)N[C@H](C)CC#N)cc1S(=O)(=O)NCc1ccccc1. The van der Waals surface area contributed by atoms with Crippen LogP contribution in [0, 0.1) is 18.3 Å². The Kier molecular flexibility index (Phi) is 6.50. The van der Waals surface area contributed by atoms with Crippen molar-refractivity contribution in [1.82, 2.24) is 10.0 Å². The maximum absolute atomic E-state index is 12.6. The highest BCUT2D eigenvalue weighted by molar-refractivity contribution is 7.89. The molecule has 1 atom stereocenters. The molecule has 0 spiro atoms. The highest BCUT2D eigenvalue weighted by Crippen LogP contribution is 2.18. The van der Waals surface area contributed by atoms with Crippen LogP contribution in [0.15, 0.2) is 53.4 Å². The van der Waals surface area contributed by atoms with Crippen LogP contribution >= 0.6 is 0 Å². The summed E-state index contributed by atoms with van der Waals surface area (Å²) in [5, 5.41) is 11.3. The summed E-state index contributed by atoms with van der Waals surface area (Å²) in [6.45, 7) is 3.56. The molecule has 7 heteroatoms. The molecular formula is C19H21N3O3S. The van der Waals surface area contributed by atoms with Gasteiger partial charge >= 0.3 is 0 Å². The Morgan fingerprint density at radius 3 is 2.54 bits per heavy atom. The standard InChI is InChI=1S/C19H21N3O3S/c1-14-8-9-17(19(23)22-15(2)10-11-20)12-18(14)26(24,25)21-13-16-6-4-3-5-7-16/h3-9,12,15,21H,10,13H2,1-2H3,(H,22,23)/t15-/m1/s1. The summed E-state index contributed by atoms with van der Waals surface area (Å²) in [6, 6.07) is 15.4. The van der Waals surface area contributed by atoms with Crippen molar-refractivity contribution in [2.45, 2.75) is 37.8 Å². The van der Waals surface area contributed by atoms with Crippen molar-refractivity contribution >= 4 is 15.9 Å². The van der Waals surface area contributed by atoms with Crippen molar-refractivity contribution in [2.75, 3.05) is 0 Å². The van der Waals surface area contributed by atoms with Crippen LogP contribution in [0.4, 0.5) is 0 Å². The first-order chi connectivity index (χ1) is 12.3. The Morgan fingerprint density at radius 1 is 1.19 bits per heavy atom. The number of rotatable bonds is 7. The zero-order valence-corrected chi connectivity index (χ0v) is 15.5. The number of nitrogens with zero attached hydrogens (tertiary/aromatic N) is 1. The van der Waals surface area contributed by atoms with Gasteiger partial charge in [-0.15, -0.1) is 0 Å². The van der Waals surface area contributed by atoms with Gasteiger partial charge in [-0.2, -0.15) is 5.26 Å². The third kappa shape index (κ3) is 5.15. The summed E-state index contributed by atoms with van der Waals surface area (Å²) in [6.07, 6.45) is 0.182. The average molecular weight is 371 g/mol. The van der Waals surface area contributed by atoms with Crippen LogP contribution in [-0.2, 0) is 16.6 Å². The van der Waals surface area contributed by atoms with E-state index in [4.69, 9.17) is 5.26 Å². The smallest absolute Gasteiger partial charge is 0.251 e. The van der Waals surface area contributed by atoms with Crippen molar-refractivity contribution in [3.8, 4) is 6.07 Å². The van der Waals surface area contributed by atoms with Gasteiger partial charge in [-0.25, -0.2) is 13.1 Å². The lowest BCUT2D eigenvalue weighted by atomic mass is 10.1. The van der Waals surface area contributed by atoms with Gasteiger partial charge in [0.1, 0.15) is 0 Å². The summed E-state index contributed by atoms with van der Waals surface area (Å²) in [7, 11) is -3.77. The lowest BCUT2D eigenvalue weighted by Crippen LogP contribution is -2.32. The third-order valence-corrected chi connectivity index (χ3v) is 5.37. The fraction of sp³-hybridized carbons (Fsp3) is 0.263. The molecule has 2 N–H and O–H groups in total. The molecule has 0 saturated heterocycles. The molecule has 0 heterocycles. The van der Waals surface area contributed by atoms with Gasteiger partial charge in [0.25, 0.3) is 5.91 Å². The van der Waals surface area contributed by atoms with Gasteiger partial charge in [0.2, 0.25) is 10.0 Å². The Hall–Kier alpha value is -2.69. The molecule has 0 bridgehead atoms. The molecule has 1 amide bonds. The monoisotopic (exact) mass is 371 g/mol. The molecule has 2 aromatic rings. The topological polar surface area (TPSA) is 99.1 Å². The van der Waals surface area contributed by atoms with E-state index < -0.39 is 15.9 Å². The van der Waals surface area contributed by atoms with E-state index in [2.05, 4.69) is 10.0 Å². The number of amides is 1. The van der Waals surface area contributed by atoms with Crippen LogP contribution in [-0.4, -0.2) is 20.4 Å². The maximum Gasteiger partial charge on any atom is 0.251 e. The van der Waals surface area contributed by atoms with Crippen LogP contribution in [0.3, 0.4) is 0 Å². The first-order valence-electron chi connectivity index (χ1n) is 8.15. The third-order valence-electron chi connectivity index (χ3n) is 3.82. The number of hydrogen-bond acceptors (Lipinski definition) is 4. The van der Waals surface area contributed by atoms with E-state index in [1.165, 1.54) is 6.07 Å². The lowest BCUT2D eigenvalue weighted by molar-refractivity contribution is 0.0940. The highest BCUT2D eigenvalue weighted by Gasteiger charge is 2.19. The van der Waals surface area contributed by atoms with Gasteiger partial charge in [-0.05, 0) is 37.1 Å². The quantitative estimate of drug-likeness (QED) is 0.781. The van der Waals surface area contributed by atoms with Crippen LogP contribution in [0.5, 0.6) is 0 Å². The van der Waals surface area contributed by atoms with Crippen molar-refractivity contribution in [2.24, 2.45) is 0 Å². The molecule has 0 saturated carbocycles. The Balaban J connectivity index is 2.20. The minimum absolute atomic E-state index is 0.0639. The van der Waals surface area contributed by atoms with Crippen LogP contribution < -0.4 is 10.0 Å². The van der Waals surface area contributed by atoms with E-state index in [-0.39, 0.29) is 29.5 Å². The summed E-state index contributed by atoms with van der Waals surface area (Å²) in [4.78, 5) is 12.3. The van der Waals surface area contributed by atoms with Gasteiger partial charge in [0.15, 0.2) is 0 Å². The minimum atomic E-state index is -3.77. The molecule has 0 radical (unpaired) electrons. The number of sulfonamides is 1. The lowest BCUT2D eigenvalue weighted by Gasteiger charge is -2.13. The fourth-order valence-corrected chi connectivity index (χ4v) is 3.66. The molecule has 2 aromatic carbocycles. The Morgan fingerprint density at radius 2 is 1.88 bits per heavy atom. The fourth-order valence-electron chi connectivity index (χ4n) is 2.38. The van der Waals surface area contributed by atoms with Gasteiger partial charge in [0.05, 0.1) is 17.4 Å². The number of carbonyl (C=O) groups is 1. The van der Waals surface area contributed by atoms with Crippen LogP contribution in [0.25, 0.3) is 0 Å². The molecule has 0 fully saturated rings. The minimum Gasteiger partial charge on any atom is -0.349 e. The summed E-state index contributed by atoms with van der Waals surface area (Å²) in [5.74, 6) is -0.410. The van der Waals surface area contributed by atoms with E-state index in [0.29, 0.717) is 5.56 Å². The van der Waals surface area contributed by atoms with Gasteiger partial charge < -0.3 is 5.32 Å². The summed E-state index contributed by atoms with van der Waals surface area (Å²) < 4.78 is 27.8. The Bertz CT molecular complexity index is 919. The van der Waals surface area contributed by atoms with Crippen molar-refractivity contribution < 1.29 is 13.2 Å². The summed E-state index contributed by atoms with van der Waals surface area (Å²) in [5.41, 5.74) is 1.63. The van der Waals surface area contributed by atoms with Crippen molar-refractivity contribution in [3.05, 3.63) is 65.2 Å². The molecule has 26 heavy (non-hydrogen) atoms. The van der Waals surface area contributed by atoms with Crippen LogP contribution in [0.2, 0.25) is 0 Å². The molecule has 6 nitrogen and oxygen atoms in total. The first kappa shape index (κ1) is 19.6. The van der Waals surface area contributed by atoms with E-state index in [9.17, 15) is 13.2 Å². The molecule has 0 aliphatic carbocycles. The van der Waals surface area contributed by atoms with Crippen molar-refractivity contribution in [3.63, 3.8) is 0 Å². The van der Waals surface area contributed by atoms with Gasteiger partial charge in [0, 0.05) is 18.2 Å². The molecule has 0 aliphatic heterocycles. The molecule has 0 aromatic heterocycles. The van der Waals surface area contributed by atoms with Crippen LogP contribution in [0.1, 0.15) is 34.8 Å². The maximum atomic E-state index is 12.6. The number of nitrogens with one attached hydrogen (secondary N) is 2.